The van der Waals surface area contributed by atoms with Gasteiger partial charge in [-0.15, -0.1) is 0 Å². The molecule has 1 atom stereocenters. The van der Waals surface area contributed by atoms with Gasteiger partial charge in [-0.2, -0.15) is 10.2 Å². The molecule has 0 bridgehead atoms. The Morgan fingerprint density at radius 3 is 2.60 bits per heavy atom. The molecule has 1 aliphatic carbocycles. The van der Waals surface area contributed by atoms with E-state index in [9.17, 15) is 0 Å². The molecule has 1 aliphatic rings. The van der Waals surface area contributed by atoms with Crippen LogP contribution in [0.25, 0.3) is 0 Å². The molecular formula is C12H19N3. The Hall–Kier alpha value is -0.960. The molecule has 0 amide bonds. The molecule has 1 aromatic rings. The smallest absolute Gasteiger partial charge is 0.0648 e. The summed E-state index contributed by atoms with van der Waals surface area (Å²) < 4.78 is 0. The van der Waals surface area contributed by atoms with Gasteiger partial charge in [-0.25, -0.2) is 0 Å². The number of aryl methyl sites for hydroxylation is 2. The number of aromatic nitrogens is 2. The third-order valence-electron chi connectivity index (χ3n) is 3.41. The monoisotopic (exact) mass is 205 g/mol. The lowest BCUT2D eigenvalue weighted by Gasteiger charge is -2.20. The van der Waals surface area contributed by atoms with E-state index in [1.165, 1.54) is 31.2 Å². The SMILES string of the molecule is Cc1cc(C(N)C2CCCC2)c(C)nn1. The molecule has 1 aromatic heterocycles. The van der Waals surface area contributed by atoms with Crippen LogP contribution in [0.1, 0.15) is 48.7 Å². The summed E-state index contributed by atoms with van der Waals surface area (Å²) in [6.45, 7) is 3.97. The van der Waals surface area contributed by atoms with E-state index in [4.69, 9.17) is 5.73 Å². The van der Waals surface area contributed by atoms with Crippen molar-refractivity contribution in [3.05, 3.63) is 23.0 Å². The van der Waals surface area contributed by atoms with Crippen LogP contribution in [-0.4, -0.2) is 10.2 Å². The maximum absolute atomic E-state index is 6.30. The van der Waals surface area contributed by atoms with Gasteiger partial charge in [-0.05, 0) is 44.2 Å². The van der Waals surface area contributed by atoms with E-state index in [2.05, 4.69) is 16.3 Å². The van der Waals surface area contributed by atoms with Gasteiger partial charge in [0.1, 0.15) is 0 Å². The van der Waals surface area contributed by atoms with E-state index >= 15 is 0 Å². The molecule has 0 radical (unpaired) electrons. The van der Waals surface area contributed by atoms with Gasteiger partial charge in [0.05, 0.1) is 11.4 Å². The topological polar surface area (TPSA) is 51.8 Å². The maximum Gasteiger partial charge on any atom is 0.0648 e. The van der Waals surface area contributed by atoms with Crippen molar-refractivity contribution >= 4 is 0 Å². The van der Waals surface area contributed by atoms with Crippen LogP contribution in [0.5, 0.6) is 0 Å². The first-order valence-electron chi connectivity index (χ1n) is 5.75. The van der Waals surface area contributed by atoms with Crippen LogP contribution in [0, 0.1) is 19.8 Å². The lowest BCUT2D eigenvalue weighted by Crippen LogP contribution is -2.21. The second-order valence-electron chi connectivity index (χ2n) is 4.60. The third-order valence-corrected chi connectivity index (χ3v) is 3.41. The first kappa shape index (κ1) is 10.6. The largest absolute Gasteiger partial charge is 0.324 e. The minimum atomic E-state index is 0.154. The van der Waals surface area contributed by atoms with E-state index < -0.39 is 0 Å². The van der Waals surface area contributed by atoms with Crippen LogP contribution >= 0.6 is 0 Å². The predicted octanol–water partition coefficient (Wildman–Crippen LogP) is 2.28. The second-order valence-corrected chi connectivity index (χ2v) is 4.60. The van der Waals surface area contributed by atoms with Crippen LogP contribution in [0.2, 0.25) is 0 Å². The minimum absolute atomic E-state index is 0.154. The van der Waals surface area contributed by atoms with E-state index in [0.717, 1.165) is 11.4 Å². The molecule has 82 valence electrons. The van der Waals surface area contributed by atoms with Crippen molar-refractivity contribution in [2.24, 2.45) is 11.7 Å². The van der Waals surface area contributed by atoms with Gasteiger partial charge in [0.15, 0.2) is 0 Å². The molecule has 3 heteroatoms. The molecule has 1 saturated carbocycles. The fraction of sp³-hybridized carbons (Fsp3) is 0.667. The quantitative estimate of drug-likeness (QED) is 0.806. The fourth-order valence-electron chi connectivity index (χ4n) is 2.48. The van der Waals surface area contributed by atoms with Gasteiger partial charge in [-0.1, -0.05) is 12.8 Å². The molecular weight excluding hydrogens is 186 g/mol. The summed E-state index contributed by atoms with van der Waals surface area (Å²) in [5.41, 5.74) is 9.44. The molecule has 2 N–H and O–H groups in total. The Kier molecular flexibility index (Phi) is 3.00. The molecule has 0 saturated heterocycles. The normalized spacial score (nSPS) is 19.4. The molecule has 2 rings (SSSR count). The number of nitrogens with two attached hydrogens (primary N) is 1. The highest BCUT2D eigenvalue weighted by atomic mass is 15.1. The van der Waals surface area contributed by atoms with Crippen molar-refractivity contribution in [3.8, 4) is 0 Å². The Labute approximate surface area is 91.1 Å². The molecule has 3 nitrogen and oxygen atoms in total. The molecule has 0 aliphatic heterocycles. The minimum Gasteiger partial charge on any atom is -0.324 e. The first-order valence-corrected chi connectivity index (χ1v) is 5.75. The van der Waals surface area contributed by atoms with Gasteiger partial charge in [-0.3, -0.25) is 0 Å². The lowest BCUT2D eigenvalue weighted by molar-refractivity contribution is 0.441. The van der Waals surface area contributed by atoms with Crippen LogP contribution in [0.4, 0.5) is 0 Å². The third kappa shape index (κ3) is 2.17. The van der Waals surface area contributed by atoms with Crippen molar-refractivity contribution in [3.63, 3.8) is 0 Å². The van der Waals surface area contributed by atoms with Crippen molar-refractivity contribution in [1.82, 2.24) is 10.2 Å². The van der Waals surface area contributed by atoms with E-state index in [1.54, 1.807) is 0 Å². The number of rotatable bonds is 2. The van der Waals surface area contributed by atoms with Gasteiger partial charge in [0.2, 0.25) is 0 Å². The predicted molar refractivity (Wildman–Crippen MR) is 60.4 cm³/mol. The highest BCUT2D eigenvalue weighted by Crippen LogP contribution is 2.34. The zero-order chi connectivity index (χ0) is 10.8. The van der Waals surface area contributed by atoms with Crippen molar-refractivity contribution in [2.45, 2.75) is 45.6 Å². The van der Waals surface area contributed by atoms with Crippen LogP contribution in [-0.2, 0) is 0 Å². The molecule has 15 heavy (non-hydrogen) atoms. The van der Waals surface area contributed by atoms with Crippen molar-refractivity contribution < 1.29 is 0 Å². The average Bonchev–Trinajstić information content (AvgIpc) is 2.74. The van der Waals surface area contributed by atoms with Gasteiger partial charge < -0.3 is 5.73 Å². The van der Waals surface area contributed by atoms with E-state index in [-0.39, 0.29) is 6.04 Å². The van der Waals surface area contributed by atoms with Crippen LogP contribution in [0.3, 0.4) is 0 Å². The van der Waals surface area contributed by atoms with Gasteiger partial charge in [0.25, 0.3) is 0 Å². The van der Waals surface area contributed by atoms with Crippen molar-refractivity contribution in [1.29, 1.82) is 0 Å². The molecule has 0 spiro atoms. The lowest BCUT2D eigenvalue weighted by atomic mass is 9.92. The summed E-state index contributed by atoms with van der Waals surface area (Å²) in [5, 5.41) is 8.18. The summed E-state index contributed by atoms with van der Waals surface area (Å²) in [6, 6.07) is 2.24. The number of nitrogens with zero attached hydrogens (tertiary/aromatic N) is 2. The zero-order valence-electron chi connectivity index (χ0n) is 9.53. The van der Waals surface area contributed by atoms with E-state index in [1.807, 2.05) is 13.8 Å². The van der Waals surface area contributed by atoms with Crippen LogP contribution in [0.15, 0.2) is 6.07 Å². The highest BCUT2D eigenvalue weighted by molar-refractivity contribution is 5.24. The van der Waals surface area contributed by atoms with Crippen molar-refractivity contribution in [2.75, 3.05) is 0 Å². The Bertz CT molecular complexity index is 343. The average molecular weight is 205 g/mol. The highest BCUT2D eigenvalue weighted by Gasteiger charge is 2.24. The standard InChI is InChI=1S/C12H19N3/c1-8-7-11(9(2)15-14-8)12(13)10-5-3-4-6-10/h7,10,12H,3-6,13H2,1-2H3. The number of hydrogen-bond donors (Lipinski definition) is 1. The van der Waals surface area contributed by atoms with E-state index in [0.29, 0.717) is 5.92 Å². The molecule has 1 fully saturated rings. The maximum atomic E-state index is 6.30. The molecule has 1 heterocycles. The van der Waals surface area contributed by atoms with Gasteiger partial charge >= 0.3 is 0 Å². The fourth-order valence-corrected chi connectivity index (χ4v) is 2.48. The second kappa shape index (κ2) is 4.27. The summed E-state index contributed by atoms with van der Waals surface area (Å²) >= 11 is 0. The summed E-state index contributed by atoms with van der Waals surface area (Å²) in [5.74, 6) is 0.646. The summed E-state index contributed by atoms with van der Waals surface area (Å²) in [6.07, 6.45) is 5.19. The molecule has 0 aromatic carbocycles. The van der Waals surface area contributed by atoms with Crippen LogP contribution < -0.4 is 5.73 Å². The first-order chi connectivity index (χ1) is 7.18. The summed E-state index contributed by atoms with van der Waals surface area (Å²) in [7, 11) is 0. The summed E-state index contributed by atoms with van der Waals surface area (Å²) in [4.78, 5) is 0. The number of hydrogen-bond acceptors (Lipinski definition) is 3. The molecule has 1 unspecified atom stereocenters. The van der Waals surface area contributed by atoms with Gasteiger partial charge in [0, 0.05) is 6.04 Å². The Morgan fingerprint density at radius 1 is 1.27 bits per heavy atom. The zero-order valence-corrected chi connectivity index (χ0v) is 9.53. The Balaban J connectivity index is 2.23. The Morgan fingerprint density at radius 2 is 1.93 bits per heavy atom.